The minimum Gasteiger partial charge on any atom is -0.398 e. The summed E-state index contributed by atoms with van der Waals surface area (Å²) in [4.78, 5) is 14.4. The number of nitrogens with zero attached hydrogens (tertiary/aromatic N) is 4. The third kappa shape index (κ3) is 4.72. The first-order valence-electron chi connectivity index (χ1n) is 8.97. The molecule has 0 aliphatic heterocycles. The van der Waals surface area contributed by atoms with Gasteiger partial charge >= 0.3 is 0 Å². The number of rotatable bonds is 5. The van der Waals surface area contributed by atoms with Crippen LogP contribution in [-0.2, 0) is 6.54 Å². The Morgan fingerprint density at radius 2 is 2.22 bits per heavy atom. The van der Waals surface area contributed by atoms with Crippen molar-refractivity contribution in [2.75, 3.05) is 19.3 Å². The van der Waals surface area contributed by atoms with Crippen LogP contribution >= 0.6 is 0 Å². The summed E-state index contributed by atoms with van der Waals surface area (Å²) in [6.45, 7) is 5.66. The van der Waals surface area contributed by atoms with Gasteiger partial charge in [0.1, 0.15) is 0 Å². The second-order valence-corrected chi connectivity index (χ2v) is 5.93. The van der Waals surface area contributed by atoms with E-state index in [0.717, 1.165) is 35.4 Å². The van der Waals surface area contributed by atoms with Gasteiger partial charge in [-0.25, -0.2) is 0 Å². The van der Waals surface area contributed by atoms with E-state index in [4.69, 9.17) is 5.73 Å². The second-order valence-electron chi connectivity index (χ2n) is 5.93. The molecule has 8 nitrogen and oxygen atoms in total. The standard InChI is InChI=1S/C10H15N3O2.C9H11N3/c1-3-12-9-5-4-6-10(13(14)15)8(9)7-11-2;1-2-12-9-5-3-4-8(10)7(9)6-11-12/h5,7,12H,3-4,6H2,1-2H3;3-6H,2,10H2,1H3. The van der Waals surface area contributed by atoms with Crippen LogP contribution in [0.15, 0.2) is 52.4 Å². The highest BCUT2D eigenvalue weighted by atomic mass is 16.6. The molecule has 0 bridgehead atoms. The van der Waals surface area contributed by atoms with Gasteiger partial charge in [-0.2, -0.15) is 5.10 Å². The van der Waals surface area contributed by atoms with E-state index in [2.05, 4.69) is 22.3 Å². The van der Waals surface area contributed by atoms with Crippen LogP contribution in [0.25, 0.3) is 10.9 Å². The molecule has 1 aromatic carbocycles. The predicted molar refractivity (Wildman–Crippen MR) is 109 cm³/mol. The molecular weight excluding hydrogens is 344 g/mol. The maximum Gasteiger partial charge on any atom is 0.257 e. The first-order chi connectivity index (χ1) is 13.0. The van der Waals surface area contributed by atoms with Crippen LogP contribution < -0.4 is 11.1 Å². The van der Waals surface area contributed by atoms with E-state index in [-0.39, 0.29) is 10.6 Å². The van der Waals surface area contributed by atoms with E-state index < -0.39 is 0 Å². The summed E-state index contributed by atoms with van der Waals surface area (Å²) < 4.78 is 1.94. The molecule has 2 aromatic rings. The van der Waals surface area contributed by atoms with Crippen molar-refractivity contribution in [3.63, 3.8) is 0 Å². The van der Waals surface area contributed by atoms with Crippen molar-refractivity contribution in [2.45, 2.75) is 33.2 Å². The number of nitrogen functional groups attached to an aromatic ring is 1. The molecule has 0 atom stereocenters. The molecule has 0 unspecified atom stereocenters. The fourth-order valence-electron chi connectivity index (χ4n) is 2.95. The van der Waals surface area contributed by atoms with Gasteiger partial charge in [-0.05, 0) is 32.4 Å². The third-order valence-electron chi connectivity index (χ3n) is 4.20. The molecule has 1 aromatic heterocycles. The second kappa shape index (κ2) is 9.51. The first kappa shape index (κ1) is 20.2. The van der Waals surface area contributed by atoms with Crippen molar-refractivity contribution < 1.29 is 4.92 Å². The maximum atomic E-state index is 10.8. The number of likely N-dealkylation sites (N-methyl/N-ethyl adjacent to an activating group) is 1. The summed E-state index contributed by atoms with van der Waals surface area (Å²) in [5, 5.41) is 19.2. The van der Waals surface area contributed by atoms with Crippen LogP contribution in [0, 0.1) is 10.1 Å². The number of hydrogen-bond donors (Lipinski definition) is 2. The number of fused-ring (bicyclic) bond motifs is 1. The number of nitrogens with one attached hydrogen (secondary N) is 1. The molecule has 0 saturated carbocycles. The van der Waals surface area contributed by atoms with Crippen molar-refractivity contribution in [1.82, 2.24) is 15.1 Å². The number of allylic oxidation sites excluding steroid dienone is 3. The minimum absolute atomic E-state index is 0.249. The van der Waals surface area contributed by atoms with Crippen LogP contribution in [0.4, 0.5) is 5.69 Å². The molecule has 3 N–H and O–H groups in total. The highest BCUT2D eigenvalue weighted by molar-refractivity contribution is 5.90. The van der Waals surface area contributed by atoms with Crippen LogP contribution in [0.2, 0.25) is 0 Å². The number of hydrogen-bond acceptors (Lipinski definition) is 6. The molecule has 0 radical (unpaired) electrons. The lowest BCUT2D eigenvalue weighted by Crippen LogP contribution is -2.20. The third-order valence-corrected chi connectivity index (χ3v) is 4.20. The molecule has 1 aliphatic carbocycles. The van der Waals surface area contributed by atoms with Gasteiger partial charge in [-0.15, -0.1) is 0 Å². The highest BCUT2D eigenvalue weighted by Gasteiger charge is 2.22. The summed E-state index contributed by atoms with van der Waals surface area (Å²) in [6.07, 6.45) is 6.52. The van der Waals surface area contributed by atoms with Gasteiger partial charge in [0.25, 0.3) is 5.70 Å². The lowest BCUT2D eigenvalue weighted by atomic mass is 10.0. The van der Waals surface area contributed by atoms with Crippen molar-refractivity contribution >= 4 is 22.8 Å². The predicted octanol–water partition coefficient (Wildman–Crippen LogP) is 3.14. The maximum absolute atomic E-state index is 10.8. The lowest BCUT2D eigenvalue weighted by Gasteiger charge is -2.14. The molecule has 1 heterocycles. The van der Waals surface area contributed by atoms with E-state index in [1.165, 1.54) is 0 Å². The lowest BCUT2D eigenvalue weighted by molar-refractivity contribution is -0.428. The Kier molecular flexibility index (Phi) is 7.10. The van der Waals surface area contributed by atoms with Crippen molar-refractivity contribution in [3.05, 3.63) is 57.6 Å². The average molecular weight is 370 g/mol. The minimum atomic E-state index is -0.318. The van der Waals surface area contributed by atoms with Gasteiger partial charge in [0, 0.05) is 49.5 Å². The smallest absolute Gasteiger partial charge is 0.257 e. The number of aryl methyl sites for hydroxylation is 1. The molecule has 0 amide bonds. The molecule has 0 spiro atoms. The Labute approximate surface area is 158 Å². The Balaban J connectivity index is 0.000000198. The highest BCUT2D eigenvalue weighted by Crippen LogP contribution is 2.23. The van der Waals surface area contributed by atoms with E-state index in [0.29, 0.717) is 18.4 Å². The molecule has 27 heavy (non-hydrogen) atoms. The number of aromatic nitrogens is 2. The Morgan fingerprint density at radius 1 is 1.44 bits per heavy atom. The van der Waals surface area contributed by atoms with E-state index in [1.807, 2.05) is 42.1 Å². The summed E-state index contributed by atoms with van der Waals surface area (Å²) in [6, 6.07) is 5.87. The average Bonchev–Trinajstić information content (AvgIpc) is 3.08. The van der Waals surface area contributed by atoms with Gasteiger partial charge in [0.15, 0.2) is 0 Å². The molecule has 0 fully saturated rings. The first-order valence-corrected chi connectivity index (χ1v) is 8.97. The molecule has 0 saturated heterocycles. The van der Waals surface area contributed by atoms with Gasteiger partial charge in [0.05, 0.1) is 22.2 Å². The number of nitrogens with two attached hydrogens (primary N) is 1. The SMILES string of the molecule is CCNC1=CCCC([N+](=O)[O-])=C1C=NC.CCn1ncc2c(N)cccc21. The van der Waals surface area contributed by atoms with Crippen LogP contribution in [0.5, 0.6) is 0 Å². The summed E-state index contributed by atoms with van der Waals surface area (Å²) in [7, 11) is 1.61. The molecule has 1 aliphatic rings. The molecule has 8 heteroatoms. The van der Waals surface area contributed by atoms with Gasteiger partial charge in [-0.3, -0.25) is 19.8 Å². The molecule has 144 valence electrons. The van der Waals surface area contributed by atoms with Crippen molar-refractivity contribution in [3.8, 4) is 0 Å². The number of nitro groups is 1. The monoisotopic (exact) mass is 370 g/mol. The Hall–Kier alpha value is -3.16. The molecular formula is C19H26N6O2. The fourth-order valence-corrected chi connectivity index (χ4v) is 2.95. The van der Waals surface area contributed by atoms with Crippen LogP contribution in [-0.4, -0.2) is 34.5 Å². The van der Waals surface area contributed by atoms with Crippen molar-refractivity contribution in [1.29, 1.82) is 0 Å². The number of aliphatic imine (C=N–C) groups is 1. The zero-order valence-corrected chi connectivity index (χ0v) is 16.0. The largest absolute Gasteiger partial charge is 0.398 e. The van der Waals surface area contributed by atoms with Crippen LogP contribution in [0.1, 0.15) is 26.7 Å². The topological polar surface area (TPSA) is 111 Å². The summed E-state index contributed by atoms with van der Waals surface area (Å²) in [5.74, 6) is 0. The summed E-state index contributed by atoms with van der Waals surface area (Å²) >= 11 is 0. The Morgan fingerprint density at radius 3 is 2.85 bits per heavy atom. The van der Waals surface area contributed by atoms with Gasteiger partial charge < -0.3 is 11.1 Å². The van der Waals surface area contributed by atoms with Gasteiger partial charge in [-0.1, -0.05) is 12.1 Å². The van der Waals surface area contributed by atoms with Crippen LogP contribution in [0.3, 0.4) is 0 Å². The normalized spacial score (nSPS) is 14.1. The zero-order valence-electron chi connectivity index (χ0n) is 16.0. The summed E-state index contributed by atoms with van der Waals surface area (Å²) in [5.41, 5.74) is 9.35. The number of anilines is 1. The number of benzene rings is 1. The van der Waals surface area contributed by atoms with E-state index in [1.54, 1.807) is 13.3 Å². The fraction of sp³-hybridized carbons (Fsp3) is 0.368. The molecule has 3 rings (SSSR count). The Bertz CT molecular complexity index is 895. The van der Waals surface area contributed by atoms with E-state index >= 15 is 0 Å². The van der Waals surface area contributed by atoms with Crippen molar-refractivity contribution in [2.24, 2.45) is 4.99 Å². The zero-order chi connectivity index (χ0) is 19.8. The quantitative estimate of drug-likeness (QED) is 0.363. The van der Waals surface area contributed by atoms with E-state index in [9.17, 15) is 10.1 Å². The van der Waals surface area contributed by atoms with Gasteiger partial charge in [0.2, 0.25) is 0 Å².